The molecule has 25 heavy (non-hydrogen) atoms. The van der Waals surface area contributed by atoms with Gasteiger partial charge in [0.05, 0.1) is 18.6 Å². The molecule has 1 heterocycles. The first kappa shape index (κ1) is 17.4. The first-order valence-electron chi connectivity index (χ1n) is 8.09. The highest BCUT2D eigenvalue weighted by atomic mass is 32.2. The van der Waals surface area contributed by atoms with Crippen molar-refractivity contribution in [3.05, 3.63) is 54.1 Å². The van der Waals surface area contributed by atoms with Crippen molar-refractivity contribution in [2.45, 2.75) is 17.9 Å². The molecule has 3 rings (SSSR count). The summed E-state index contributed by atoms with van der Waals surface area (Å²) in [7, 11) is 1.62. The quantitative estimate of drug-likeness (QED) is 0.865. The normalized spacial score (nSPS) is 13.3. The number of para-hydroxylation sites is 1. The number of carbonyl (C=O) groups is 2. The molecular formula is C19H20N2O3S. The predicted molar refractivity (Wildman–Crippen MR) is 99.0 cm³/mol. The van der Waals surface area contributed by atoms with Gasteiger partial charge >= 0.3 is 0 Å². The van der Waals surface area contributed by atoms with Crippen molar-refractivity contribution in [3.63, 3.8) is 0 Å². The molecule has 0 aliphatic carbocycles. The Morgan fingerprint density at radius 1 is 1.20 bits per heavy atom. The molecular weight excluding hydrogens is 336 g/mol. The number of hydrogen-bond acceptors (Lipinski definition) is 4. The van der Waals surface area contributed by atoms with E-state index in [0.717, 1.165) is 21.9 Å². The van der Waals surface area contributed by atoms with Crippen LogP contribution in [0.3, 0.4) is 0 Å². The minimum atomic E-state index is -0.0701. The van der Waals surface area contributed by atoms with E-state index in [-0.39, 0.29) is 18.2 Å². The minimum Gasteiger partial charge on any atom is -0.497 e. The predicted octanol–water partition coefficient (Wildman–Crippen LogP) is 2.84. The first-order chi connectivity index (χ1) is 12.2. The van der Waals surface area contributed by atoms with Crippen molar-refractivity contribution in [3.8, 4) is 5.75 Å². The van der Waals surface area contributed by atoms with Crippen LogP contribution in [-0.4, -0.2) is 31.2 Å². The van der Waals surface area contributed by atoms with E-state index < -0.39 is 0 Å². The number of rotatable bonds is 6. The number of benzene rings is 2. The number of thioether (sulfide) groups is 1. The zero-order chi connectivity index (χ0) is 17.6. The minimum absolute atomic E-state index is 0.0478. The Bertz CT molecular complexity index is 762. The van der Waals surface area contributed by atoms with Crippen molar-refractivity contribution in [1.29, 1.82) is 0 Å². The lowest BCUT2D eigenvalue weighted by Crippen LogP contribution is -2.38. The molecule has 130 valence electrons. The fraction of sp³-hybridized carbons (Fsp3) is 0.263. The zero-order valence-electron chi connectivity index (χ0n) is 14.0. The molecule has 0 unspecified atom stereocenters. The molecule has 2 amide bonds. The van der Waals surface area contributed by atoms with Crippen LogP contribution >= 0.6 is 11.8 Å². The highest BCUT2D eigenvalue weighted by Gasteiger charge is 2.24. The molecule has 5 nitrogen and oxygen atoms in total. The fourth-order valence-corrected chi connectivity index (χ4v) is 3.58. The Morgan fingerprint density at radius 3 is 2.72 bits per heavy atom. The van der Waals surface area contributed by atoms with Crippen LogP contribution in [0.1, 0.15) is 12.0 Å². The molecule has 1 N–H and O–H groups in total. The van der Waals surface area contributed by atoms with Crippen LogP contribution in [0.25, 0.3) is 0 Å². The van der Waals surface area contributed by atoms with Crippen molar-refractivity contribution < 1.29 is 14.3 Å². The monoisotopic (exact) mass is 356 g/mol. The molecule has 0 spiro atoms. The van der Waals surface area contributed by atoms with Gasteiger partial charge in [0.25, 0.3) is 0 Å². The van der Waals surface area contributed by atoms with E-state index in [0.29, 0.717) is 18.8 Å². The smallest absolute Gasteiger partial charge is 0.237 e. The van der Waals surface area contributed by atoms with Crippen molar-refractivity contribution in [2.75, 3.05) is 24.3 Å². The Hall–Kier alpha value is -2.47. The highest BCUT2D eigenvalue weighted by Crippen LogP contribution is 2.34. The number of nitrogens with zero attached hydrogens (tertiary/aromatic N) is 1. The average molecular weight is 356 g/mol. The first-order valence-corrected chi connectivity index (χ1v) is 9.08. The third-order valence-electron chi connectivity index (χ3n) is 4.02. The van der Waals surface area contributed by atoms with Gasteiger partial charge in [-0.25, -0.2) is 0 Å². The number of nitrogens with one attached hydrogen (secondary N) is 1. The summed E-state index contributed by atoms with van der Waals surface area (Å²) in [5.74, 6) is 1.19. The van der Waals surface area contributed by atoms with Gasteiger partial charge in [-0.05, 0) is 29.8 Å². The Morgan fingerprint density at radius 2 is 1.96 bits per heavy atom. The standard InChI is InChI=1S/C19H20N2O3S/c1-24-15-8-6-14(7-9-15)12-20-18(22)10-11-21-16-4-2-3-5-17(16)25-13-19(21)23/h2-9H,10-13H2,1H3,(H,20,22). The lowest BCUT2D eigenvalue weighted by atomic mass is 10.2. The van der Waals surface area contributed by atoms with E-state index in [1.54, 1.807) is 23.8 Å². The van der Waals surface area contributed by atoms with Crippen LogP contribution in [-0.2, 0) is 16.1 Å². The number of anilines is 1. The summed E-state index contributed by atoms with van der Waals surface area (Å²) in [5, 5.41) is 2.89. The van der Waals surface area contributed by atoms with E-state index in [4.69, 9.17) is 4.74 Å². The number of methoxy groups -OCH3 is 1. The lowest BCUT2D eigenvalue weighted by Gasteiger charge is -2.28. The number of amides is 2. The van der Waals surface area contributed by atoms with Crippen molar-refractivity contribution >= 4 is 29.3 Å². The lowest BCUT2D eigenvalue weighted by molar-refractivity contribution is -0.121. The maximum atomic E-state index is 12.2. The Kier molecular flexibility index (Phi) is 5.60. The molecule has 0 aromatic heterocycles. The van der Waals surface area contributed by atoms with E-state index >= 15 is 0 Å². The van der Waals surface area contributed by atoms with Gasteiger partial charge in [0.15, 0.2) is 0 Å². The van der Waals surface area contributed by atoms with Gasteiger partial charge in [0.2, 0.25) is 11.8 Å². The third-order valence-corrected chi connectivity index (χ3v) is 5.07. The maximum absolute atomic E-state index is 12.2. The van der Waals surface area contributed by atoms with E-state index in [2.05, 4.69) is 5.32 Å². The highest BCUT2D eigenvalue weighted by molar-refractivity contribution is 8.00. The number of fused-ring (bicyclic) bond motifs is 1. The van der Waals surface area contributed by atoms with Crippen LogP contribution in [0.15, 0.2) is 53.4 Å². The molecule has 0 fully saturated rings. The molecule has 0 saturated heterocycles. The third kappa shape index (κ3) is 4.33. The molecule has 0 radical (unpaired) electrons. The molecule has 0 saturated carbocycles. The maximum Gasteiger partial charge on any atom is 0.237 e. The van der Waals surface area contributed by atoms with Gasteiger partial charge in [-0.3, -0.25) is 9.59 Å². The van der Waals surface area contributed by atoms with Gasteiger partial charge in [0, 0.05) is 24.4 Å². The molecule has 0 bridgehead atoms. The molecule has 1 aliphatic heterocycles. The second-order valence-corrected chi connectivity index (χ2v) is 6.69. The molecule has 6 heteroatoms. The molecule has 0 atom stereocenters. The van der Waals surface area contributed by atoms with Gasteiger partial charge < -0.3 is 15.0 Å². The fourth-order valence-electron chi connectivity index (χ4n) is 2.64. The van der Waals surface area contributed by atoms with Crippen LogP contribution in [0.5, 0.6) is 5.75 Å². The second-order valence-electron chi connectivity index (χ2n) is 5.68. The van der Waals surface area contributed by atoms with Gasteiger partial charge in [-0.15, -0.1) is 11.8 Å². The van der Waals surface area contributed by atoms with Gasteiger partial charge in [-0.1, -0.05) is 24.3 Å². The van der Waals surface area contributed by atoms with Crippen LogP contribution in [0.4, 0.5) is 5.69 Å². The summed E-state index contributed by atoms with van der Waals surface area (Å²) in [6, 6.07) is 15.4. The van der Waals surface area contributed by atoms with Crippen LogP contribution in [0.2, 0.25) is 0 Å². The van der Waals surface area contributed by atoms with Gasteiger partial charge in [-0.2, -0.15) is 0 Å². The molecule has 2 aromatic carbocycles. The Labute approximate surface area is 151 Å². The van der Waals surface area contributed by atoms with Crippen LogP contribution < -0.4 is 15.0 Å². The summed E-state index contributed by atoms with van der Waals surface area (Å²) in [5.41, 5.74) is 1.90. The van der Waals surface area contributed by atoms with E-state index in [1.807, 2.05) is 48.5 Å². The number of hydrogen-bond donors (Lipinski definition) is 1. The summed E-state index contributed by atoms with van der Waals surface area (Å²) < 4.78 is 5.11. The number of carbonyl (C=O) groups excluding carboxylic acids is 2. The average Bonchev–Trinajstić information content (AvgIpc) is 2.66. The number of ether oxygens (including phenoxy) is 1. The Balaban J connectivity index is 1.52. The zero-order valence-corrected chi connectivity index (χ0v) is 14.8. The van der Waals surface area contributed by atoms with Gasteiger partial charge in [0.1, 0.15) is 5.75 Å². The van der Waals surface area contributed by atoms with E-state index in [9.17, 15) is 9.59 Å². The summed E-state index contributed by atoms with van der Waals surface area (Å²) in [6.07, 6.45) is 0.279. The van der Waals surface area contributed by atoms with Crippen molar-refractivity contribution in [2.24, 2.45) is 0 Å². The van der Waals surface area contributed by atoms with Crippen molar-refractivity contribution in [1.82, 2.24) is 5.32 Å². The SMILES string of the molecule is COc1ccc(CNC(=O)CCN2C(=O)CSc3ccccc32)cc1. The molecule has 1 aliphatic rings. The van der Waals surface area contributed by atoms with E-state index in [1.165, 1.54) is 0 Å². The van der Waals surface area contributed by atoms with Crippen LogP contribution in [0, 0.1) is 0 Å². The largest absolute Gasteiger partial charge is 0.497 e. The summed E-state index contributed by atoms with van der Waals surface area (Å²) >= 11 is 1.54. The summed E-state index contributed by atoms with van der Waals surface area (Å²) in [6.45, 7) is 0.855. The topological polar surface area (TPSA) is 58.6 Å². The second kappa shape index (κ2) is 8.07. The summed E-state index contributed by atoms with van der Waals surface area (Å²) in [4.78, 5) is 27.1. The molecule has 2 aromatic rings.